The van der Waals surface area contributed by atoms with Crippen LogP contribution in [0.3, 0.4) is 0 Å². The molecule has 3 aromatic rings. The Morgan fingerprint density at radius 3 is 2.64 bits per heavy atom. The lowest BCUT2D eigenvalue weighted by atomic mass is 9.69. The summed E-state index contributed by atoms with van der Waals surface area (Å²) in [6, 6.07) is 14.8. The summed E-state index contributed by atoms with van der Waals surface area (Å²) in [6.07, 6.45) is 2.74. The Morgan fingerprint density at radius 2 is 1.89 bits per heavy atom. The van der Waals surface area contributed by atoms with Gasteiger partial charge in [0.2, 0.25) is 0 Å². The van der Waals surface area contributed by atoms with Gasteiger partial charge in [0.25, 0.3) is 5.91 Å². The molecular weight excluding hydrogens is 474 g/mol. The summed E-state index contributed by atoms with van der Waals surface area (Å²) in [6.45, 7) is 7.91. The van der Waals surface area contributed by atoms with Crippen LogP contribution in [0, 0.1) is 12.3 Å². The van der Waals surface area contributed by atoms with Gasteiger partial charge >= 0.3 is 0 Å². The fourth-order valence-corrected chi connectivity index (χ4v) is 5.36. The van der Waals surface area contributed by atoms with Gasteiger partial charge in [-0.3, -0.25) is 9.59 Å². The number of dihydropyridines is 1. The van der Waals surface area contributed by atoms with E-state index < -0.39 is 5.92 Å². The smallest absolute Gasteiger partial charge is 0.255 e. The summed E-state index contributed by atoms with van der Waals surface area (Å²) in [4.78, 5) is 31.5. The minimum atomic E-state index is -0.648. The molecule has 0 radical (unpaired) electrons. The maximum Gasteiger partial charge on any atom is 0.255 e. The highest BCUT2D eigenvalue weighted by molar-refractivity contribution is 6.33. The Balaban J connectivity index is 1.62. The van der Waals surface area contributed by atoms with Gasteiger partial charge in [-0.05, 0) is 61.6 Å². The van der Waals surface area contributed by atoms with Crippen molar-refractivity contribution in [2.45, 2.75) is 46.5 Å². The Kier molecular flexibility index (Phi) is 6.08. The van der Waals surface area contributed by atoms with Crippen LogP contribution in [0.1, 0.15) is 50.9 Å². The molecule has 2 aliphatic rings. The molecular formula is C29H28ClN3O3. The van der Waals surface area contributed by atoms with Crippen LogP contribution >= 0.6 is 11.6 Å². The largest absolute Gasteiger partial charge is 0.460 e. The third-order valence-corrected chi connectivity index (χ3v) is 7.11. The van der Waals surface area contributed by atoms with Crippen LogP contribution in [0.4, 0.5) is 5.82 Å². The molecule has 7 heteroatoms. The highest BCUT2D eigenvalue weighted by atomic mass is 35.5. The van der Waals surface area contributed by atoms with Gasteiger partial charge in [0, 0.05) is 35.1 Å². The predicted octanol–water partition coefficient (Wildman–Crippen LogP) is 6.55. The number of nitrogens with one attached hydrogen (secondary N) is 2. The van der Waals surface area contributed by atoms with E-state index in [0.29, 0.717) is 52.0 Å². The van der Waals surface area contributed by atoms with Crippen LogP contribution in [-0.2, 0) is 9.59 Å². The molecule has 36 heavy (non-hydrogen) atoms. The molecule has 1 unspecified atom stereocenters. The summed E-state index contributed by atoms with van der Waals surface area (Å²) >= 11 is 6.41. The number of carbonyl (C=O) groups excluding carboxylic acids is 2. The summed E-state index contributed by atoms with van der Waals surface area (Å²) < 4.78 is 6.31. The predicted molar refractivity (Wildman–Crippen MR) is 140 cm³/mol. The highest BCUT2D eigenvalue weighted by Gasteiger charge is 2.44. The van der Waals surface area contributed by atoms with Gasteiger partial charge in [-0.1, -0.05) is 43.6 Å². The zero-order valence-electron chi connectivity index (χ0n) is 20.7. The number of ketones is 1. The first-order chi connectivity index (χ1) is 17.1. The van der Waals surface area contributed by atoms with Crippen LogP contribution in [0.25, 0.3) is 11.3 Å². The van der Waals surface area contributed by atoms with Gasteiger partial charge < -0.3 is 15.1 Å². The summed E-state index contributed by atoms with van der Waals surface area (Å²) in [5.41, 5.74) is 3.98. The van der Waals surface area contributed by atoms with E-state index in [1.165, 1.54) is 0 Å². The fraction of sp³-hybridized carbons (Fsp3) is 0.276. The third kappa shape index (κ3) is 4.37. The SMILES string of the molecule is CC1=C(C(=O)Nc2ncccc2C)C(c2ccc(-c3ccccc3Cl)o2)C2=C(CC(C)(C)CC2=O)N1. The number of allylic oxidation sites excluding steroid dienone is 3. The number of benzene rings is 1. The summed E-state index contributed by atoms with van der Waals surface area (Å²) in [5.74, 6) is 0.624. The van der Waals surface area contributed by atoms with E-state index in [4.69, 9.17) is 16.0 Å². The van der Waals surface area contributed by atoms with Crippen LogP contribution in [0.2, 0.25) is 5.02 Å². The molecule has 0 saturated carbocycles. The van der Waals surface area contributed by atoms with Crippen LogP contribution in [0.5, 0.6) is 0 Å². The van der Waals surface area contributed by atoms with E-state index in [-0.39, 0.29) is 17.1 Å². The van der Waals surface area contributed by atoms with Crippen molar-refractivity contribution in [3.8, 4) is 11.3 Å². The molecule has 1 atom stereocenters. The second kappa shape index (κ2) is 9.10. The van der Waals surface area contributed by atoms with Crippen LogP contribution < -0.4 is 10.6 Å². The van der Waals surface area contributed by atoms with Crippen molar-refractivity contribution < 1.29 is 14.0 Å². The van der Waals surface area contributed by atoms with E-state index in [1.807, 2.05) is 56.3 Å². The van der Waals surface area contributed by atoms with E-state index in [2.05, 4.69) is 29.5 Å². The minimum absolute atomic E-state index is 0.0151. The Morgan fingerprint density at radius 1 is 1.11 bits per heavy atom. The number of hydrogen-bond donors (Lipinski definition) is 2. The fourth-order valence-electron chi connectivity index (χ4n) is 5.13. The van der Waals surface area contributed by atoms with Crippen molar-refractivity contribution in [1.29, 1.82) is 0 Å². The molecule has 6 nitrogen and oxygen atoms in total. The average molecular weight is 502 g/mol. The number of aromatic nitrogens is 1. The average Bonchev–Trinajstić information content (AvgIpc) is 3.28. The van der Waals surface area contributed by atoms with E-state index in [1.54, 1.807) is 12.3 Å². The molecule has 1 aliphatic heterocycles. The maximum atomic E-state index is 13.7. The molecule has 1 aliphatic carbocycles. The van der Waals surface area contributed by atoms with Crippen molar-refractivity contribution >= 4 is 29.1 Å². The van der Waals surface area contributed by atoms with Gasteiger partial charge in [0.05, 0.1) is 16.5 Å². The number of aryl methyl sites for hydroxylation is 1. The number of hydrogen-bond acceptors (Lipinski definition) is 5. The lowest BCUT2D eigenvalue weighted by Gasteiger charge is -2.39. The molecule has 2 aromatic heterocycles. The van der Waals surface area contributed by atoms with Gasteiger partial charge in [-0.15, -0.1) is 0 Å². The number of nitrogens with zero attached hydrogens (tertiary/aromatic N) is 1. The second-order valence-electron chi connectivity index (χ2n) is 10.2. The number of pyridine rings is 1. The number of rotatable bonds is 4. The molecule has 2 N–H and O–H groups in total. The van der Waals surface area contributed by atoms with Crippen molar-refractivity contribution in [1.82, 2.24) is 10.3 Å². The molecule has 0 spiro atoms. The van der Waals surface area contributed by atoms with Crippen molar-refractivity contribution in [3.63, 3.8) is 0 Å². The normalized spacial score (nSPS) is 19.1. The van der Waals surface area contributed by atoms with Crippen LogP contribution in [0.15, 0.2) is 81.7 Å². The first kappa shape index (κ1) is 24.1. The highest BCUT2D eigenvalue weighted by Crippen LogP contribution is 2.47. The number of anilines is 1. The molecule has 184 valence electrons. The van der Waals surface area contributed by atoms with Crippen molar-refractivity contribution in [3.05, 3.63) is 93.6 Å². The maximum absolute atomic E-state index is 13.7. The van der Waals surface area contributed by atoms with Crippen LogP contribution in [-0.4, -0.2) is 16.7 Å². The molecule has 1 aromatic carbocycles. The van der Waals surface area contributed by atoms with E-state index in [0.717, 1.165) is 16.8 Å². The summed E-state index contributed by atoms with van der Waals surface area (Å²) in [5, 5.41) is 6.88. The van der Waals surface area contributed by atoms with Gasteiger partial charge in [0.1, 0.15) is 17.3 Å². The number of Topliss-reactive ketones (excluding diaryl/α,β-unsaturated/α-hetero) is 1. The van der Waals surface area contributed by atoms with Gasteiger partial charge in [-0.25, -0.2) is 4.98 Å². The quantitative estimate of drug-likeness (QED) is 0.423. The third-order valence-electron chi connectivity index (χ3n) is 6.78. The minimum Gasteiger partial charge on any atom is -0.460 e. The number of carbonyl (C=O) groups is 2. The number of furan rings is 1. The molecule has 1 amide bonds. The molecule has 3 heterocycles. The zero-order chi connectivity index (χ0) is 25.6. The monoisotopic (exact) mass is 501 g/mol. The molecule has 0 fully saturated rings. The van der Waals surface area contributed by atoms with Crippen molar-refractivity contribution in [2.24, 2.45) is 5.41 Å². The van der Waals surface area contributed by atoms with E-state index >= 15 is 0 Å². The second-order valence-corrected chi connectivity index (χ2v) is 10.6. The standard InChI is InChI=1S/C29H28ClN3O3/c1-16-8-7-13-31-27(16)33-28(35)24-17(2)32-20-14-29(3,4)15-21(34)25(20)26(24)23-12-11-22(36-23)18-9-5-6-10-19(18)30/h5-13,26,32H,14-15H2,1-4H3,(H,31,33,35). The van der Waals surface area contributed by atoms with Crippen molar-refractivity contribution in [2.75, 3.05) is 5.32 Å². The Bertz CT molecular complexity index is 1450. The molecule has 0 bridgehead atoms. The summed E-state index contributed by atoms with van der Waals surface area (Å²) in [7, 11) is 0. The first-order valence-corrected chi connectivity index (χ1v) is 12.3. The lowest BCUT2D eigenvalue weighted by Crippen LogP contribution is -2.39. The number of halogens is 1. The molecule has 0 saturated heterocycles. The Hall–Kier alpha value is -3.64. The topological polar surface area (TPSA) is 84.2 Å². The zero-order valence-corrected chi connectivity index (χ0v) is 21.5. The Labute approximate surface area is 215 Å². The number of amides is 1. The van der Waals surface area contributed by atoms with Gasteiger partial charge in [-0.2, -0.15) is 0 Å². The van der Waals surface area contributed by atoms with Gasteiger partial charge in [0.15, 0.2) is 5.78 Å². The first-order valence-electron chi connectivity index (χ1n) is 12.0. The van der Waals surface area contributed by atoms with E-state index in [9.17, 15) is 9.59 Å². The molecule has 5 rings (SSSR count). The lowest BCUT2D eigenvalue weighted by molar-refractivity contribution is -0.118.